The van der Waals surface area contributed by atoms with Crippen LogP contribution in [0.1, 0.15) is 37.6 Å². The van der Waals surface area contributed by atoms with Gasteiger partial charge in [0.25, 0.3) is 0 Å². The van der Waals surface area contributed by atoms with Crippen LogP contribution in [0.3, 0.4) is 0 Å². The molecule has 0 spiro atoms. The van der Waals surface area contributed by atoms with Crippen LogP contribution >= 0.6 is 0 Å². The van der Waals surface area contributed by atoms with E-state index in [4.69, 9.17) is 5.73 Å². The predicted octanol–water partition coefficient (Wildman–Crippen LogP) is 3.50. The molecular weight excluding hydrogens is 260 g/mol. The molecule has 3 nitrogen and oxygen atoms in total. The average molecular weight is 279 g/mol. The Hall–Kier alpha value is -1.75. The zero-order chi connectivity index (χ0) is 14.9. The quantitative estimate of drug-likeness (QED) is 0.930. The van der Waals surface area contributed by atoms with Crippen molar-refractivity contribution >= 4 is 0 Å². The molecule has 20 heavy (non-hydrogen) atoms. The van der Waals surface area contributed by atoms with Crippen molar-refractivity contribution in [2.75, 3.05) is 0 Å². The molecule has 0 radical (unpaired) electrons. The summed E-state index contributed by atoms with van der Waals surface area (Å²) in [6.07, 6.45) is 3.81. The number of rotatable bonds is 4. The van der Waals surface area contributed by atoms with Crippen LogP contribution in [0.2, 0.25) is 0 Å². The number of halogens is 2. The smallest absolute Gasteiger partial charge is 0.147 e. The van der Waals surface area contributed by atoms with Crippen molar-refractivity contribution in [3.63, 3.8) is 0 Å². The molecule has 5 heteroatoms. The summed E-state index contributed by atoms with van der Waals surface area (Å²) in [5.74, 6) is -0.522. The molecule has 1 heterocycles. The van der Waals surface area contributed by atoms with Crippen LogP contribution < -0.4 is 5.73 Å². The number of aryl methyl sites for hydroxylation is 1. The average Bonchev–Trinajstić information content (AvgIpc) is 2.81. The van der Waals surface area contributed by atoms with E-state index >= 15 is 0 Å². The van der Waals surface area contributed by atoms with Crippen molar-refractivity contribution < 1.29 is 8.78 Å². The lowest BCUT2D eigenvalue weighted by Gasteiger charge is -2.17. The maximum Gasteiger partial charge on any atom is 0.147 e. The highest BCUT2D eigenvalue weighted by molar-refractivity contribution is 5.39. The van der Waals surface area contributed by atoms with E-state index in [2.05, 4.69) is 18.8 Å². The first-order chi connectivity index (χ1) is 9.40. The van der Waals surface area contributed by atoms with E-state index < -0.39 is 11.6 Å². The van der Waals surface area contributed by atoms with Crippen molar-refractivity contribution in [3.8, 4) is 5.69 Å². The van der Waals surface area contributed by atoms with E-state index in [0.29, 0.717) is 11.6 Å². The molecule has 0 saturated carbocycles. The first kappa shape index (κ1) is 14.7. The van der Waals surface area contributed by atoms with Gasteiger partial charge in [-0.15, -0.1) is 0 Å². The molecule has 0 aliphatic heterocycles. The number of nitrogens with two attached hydrogens (primary N) is 1. The lowest BCUT2D eigenvalue weighted by molar-refractivity contribution is 0.495. The summed E-state index contributed by atoms with van der Waals surface area (Å²) in [6.45, 7) is 5.65. The summed E-state index contributed by atoms with van der Waals surface area (Å²) >= 11 is 0. The Balaban J connectivity index is 2.44. The Morgan fingerprint density at radius 1 is 1.25 bits per heavy atom. The summed E-state index contributed by atoms with van der Waals surface area (Å²) in [6, 6.07) is 2.10. The summed E-state index contributed by atoms with van der Waals surface area (Å²) in [5.41, 5.74) is 7.22. The highest BCUT2D eigenvalue weighted by Crippen LogP contribution is 2.24. The largest absolute Gasteiger partial charge is 0.323 e. The Morgan fingerprint density at radius 2 is 1.95 bits per heavy atom. The van der Waals surface area contributed by atoms with Gasteiger partial charge in [-0.05, 0) is 30.9 Å². The monoisotopic (exact) mass is 279 g/mol. The third-order valence-electron chi connectivity index (χ3n) is 3.26. The fraction of sp³-hybridized carbons (Fsp3) is 0.400. The van der Waals surface area contributed by atoms with Gasteiger partial charge >= 0.3 is 0 Å². The lowest BCUT2D eigenvalue weighted by atomic mass is 10.0. The Labute approximate surface area is 117 Å². The van der Waals surface area contributed by atoms with Crippen molar-refractivity contribution in [3.05, 3.63) is 47.5 Å². The molecule has 0 aliphatic rings. The van der Waals surface area contributed by atoms with Crippen LogP contribution in [0.25, 0.3) is 5.69 Å². The van der Waals surface area contributed by atoms with Crippen LogP contribution in [0, 0.1) is 24.5 Å². The minimum atomic E-state index is -0.486. The molecule has 1 aromatic carbocycles. The molecule has 0 saturated heterocycles. The molecule has 108 valence electrons. The molecule has 1 unspecified atom stereocenters. The summed E-state index contributed by atoms with van der Waals surface area (Å²) in [4.78, 5) is 4.01. The van der Waals surface area contributed by atoms with Crippen LogP contribution in [0.5, 0.6) is 0 Å². The van der Waals surface area contributed by atoms with Gasteiger partial charge in [-0.25, -0.2) is 13.8 Å². The molecule has 2 aromatic rings. The van der Waals surface area contributed by atoms with E-state index in [0.717, 1.165) is 6.42 Å². The van der Waals surface area contributed by atoms with Crippen molar-refractivity contribution in [1.29, 1.82) is 0 Å². The lowest BCUT2D eigenvalue weighted by Crippen LogP contribution is -2.17. The van der Waals surface area contributed by atoms with Gasteiger partial charge in [-0.1, -0.05) is 13.8 Å². The van der Waals surface area contributed by atoms with E-state index in [-0.39, 0.29) is 17.3 Å². The van der Waals surface area contributed by atoms with Crippen molar-refractivity contribution in [2.24, 2.45) is 11.7 Å². The third kappa shape index (κ3) is 2.88. The summed E-state index contributed by atoms with van der Waals surface area (Å²) in [5, 5.41) is 0. The minimum absolute atomic E-state index is 0.139. The van der Waals surface area contributed by atoms with E-state index in [9.17, 15) is 8.78 Å². The van der Waals surface area contributed by atoms with Crippen LogP contribution in [-0.4, -0.2) is 9.55 Å². The highest BCUT2D eigenvalue weighted by Gasteiger charge is 2.17. The fourth-order valence-corrected chi connectivity index (χ4v) is 2.23. The van der Waals surface area contributed by atoms with Gasteiger partial charge in [0.2, 0.25) is 0 Å². The standard InChI is InChI=1S/C15H19F2N3/c1-9(2)4-13(18)15-7-19-8-20(15)14-6-11(16)10(3)5-12(14)17/h5-9,13H,4,18H2,1-3H3. The third-order valence-corrected chi connectivity index (χ3v) is 3.26. The molecule has 0 aliphatic carbocycles. The second-order valence-electron chi connectivity index (χ2n) is 5.48. The van der Waals surface area contributed by atoms with E-state index in [1.54, 1.807) is 6.20 Å². The zero-order valence-electron chi connectivity index (χ0n) is 11.9. The van der Waals surface area contributed by atoms with Crippen LogP contribution in [-0.2, 0) is 0 Å². The predicted molar refractivity (Wildman–Crippen MR) is 74.6 cm³/mol. The first-order valence-electron chi connectivity index (χ1n) is 6.64. The summed E-state index contributed by atoms with van der Waals surface area (Å²) in [7, 11) is 0. The molecule has 0 fully saturated rings. The van der Waals surface area contributed by atoms with Crippen molar-refractivity contribution in [1.82, 2.24) is 9.55 Å². The normalized spacial score (nSPS) is 12.9. The highest BCUT2D eigenvalue weighted by atomic mass is 19.1. The number of hydrogen-bond donors (Lipinski definition) is 1. The number of hydrogen-bond acceptors (Lipinski definition) is 2. The number of imidazole rings is 1. The molecule has 0 bridgehead atoms. The summed E-state index contributed by atoms with van der Waals surface area (Å²) < 4.78 is 29.2. The molecule has 2 rings (SSSR count). The van der Waals surface area contributed by atoms with Crippen LogP contribution in [0.15, 0.2) is 24.7 Å². The first-order valence-corrected chi connectivity index (χ1v) is 6.64. The maximum absolute atomic E-state index is 14.0. The SMILES string of the molecule is Cc1cc(F)c(-n2cncc2C(N)CC(C)C)cc1F. The van der Waals surface area contributed by atoms with Gasteiger partial charge < -0.3 is 5.73 Å². The van der Waals surface area contributed by atoms with Gasteiger partial charge in [0.15, 0.2) is 0 Å². The van der Waals surface area contributed by atoms with Gasteiger partial charge in [-0.2, -0.15) is 0 Å². The Kier molecular flexibility index (Phi) is 4.18. The topological polar surface area (TPSA) is 43.8 Å². The van der Waals surface area contributed by atoms with Gasteiger partial charge in [0.05, 0.1) is 23.9 Å². The molecule has 2 N–H and O–H groups in total. The number of benzene rings is 1. The van der Waals surface area contributed by atoms with Gasteiger partial charge in [0, 0.05) is 12.1 Å². The Bertz CT molecular complexity index is 605. The number of aromatic nitrogens is 2. The molecule has 0 amide bonds. The van der Waals surface area contributed by atoms with Gasteiger partial charge in [-0.3, -0.25) is 4.57 Å². The van der Waals surface area contributed by atoms with E-state index in [1.165, 1.54) is 30.0 Å². The second kappa shape index (κ2) is 5.71. The fourth-order valence-electron chi connectivity index (χ4n) is 2.23. The number of nitrogens with zero attached hydrogens (tertiary/aromatic N) is 2. The molecular formula is C15H19F2N3. The van der Waals surface area contributed by atoms with Crippen molar-refractivity contribution in [2.45, 2.75) is 33.2 Å². The van der Waals surface area contributed by atoms with E-state index in [1.807, 2.05) is 0 Å². The minimum Gasteiger partial charge on any atom is -0.323 e. The zero-order valence-corrected chi connectivity index (χ0v) is 11.9. The molecule has 1 atom stereocenters. The molecule has 1 aromatic heterocycles. The Morgan fingerprint density at radius 3 is 2.60 bits per heavy atom. The van der Waals surface area contributed by atoms with Gasteiger partial charge in [0.1, 0.15) is 11.6 Å². The van der Waals surface area contributed by atoms with Crippen LogP contribution in [0.4, 0.5) is 8.78 Å². The second-order valence-corrected chi connectivity index (χ2v) is 5.48. The maximum atomic E-state index is 14.0.